The molecule has 1 amide bonds. The fraction of sp³-hybridized carbons (Fsp3) is 0.273. The molecule has 6 nitrogen and oxygen atoms in total. The van der Waals surface area contributed by atoms with Crippen molar-refractivity contribution in [1.29, 1.82) is 0 Å². The first-order chi connectivity index (χ1) is 15.0. The van der Waals surface area contributed by atoms with Crippen LogP contribution in [-0.4, -0.2) is 20.4 Å². The molecular formula is C22H22N4O2S3. The van der Waals surface area contributed by atoms with Crippen molar-refractivity contribution >= 4 is 56.2 Å². The molecule has 4 aromatic rings. The molecule has 0 saturated carbocycles. The van der Waals surface area contributed by atoms with E-state index in [1.54, 1.807) is 15.9 Å². The largest absolute Gasteiger partial charge is 0.326 e. The van der Waals surface area contributed by atoms with Crippen LogP contribution in [0.25, 0.3) is 10.2 Å². The minimum atomic E-state index is -0.0878. The lowest BCUT2D eigenvalue weighted by Gasteiger charge is -2.09. The van der Waals surface area contributed by atoms with Crippen LogP contribution >= 0.6 is 34.4 Å². The van der Waals surface area contributed by atoms with Crippen LogP contribution < -0.4 is 10.9 Å². The zero-order valence-corrected chi connectivity index (χ0v) is 19.9. The van der Waals surface area contributed by atoms with Gasteiger partial charge in [0.2, 0.25) is 5.91 Å². The van der Waals surface area contributed by atoms with E-state index in [0.717, 1.165) is 37.0 Å². The van der Waals surface area contributed by atoms with Crippen LogP contribution in [0.2, 0.25) is 0 Å². The molecule has 9 heteroatoms. The van der Waals surface area contributed by atoms with Gasteiger partial charge in [0.1, 0.15) is 9.84 Å². The van der Waals surface area contributed by atoms with Gasteiger partial charge < -0.3 is 5.32 Å². The van der Waals surface area contributed by atoms with E-state index >= 15 is 0 Å². The molecule has 0 atom stereocenters. The summed E-state index contributed by atoms with van der Waals surface area (Å²) in [5.41, 5.74) is 2.70. The quantitative estimate of drug-likeness (QED) is 0.303. The monoisotopic (exact) mass is 470 g/mol. The highest BCUT2D eigenvalue weighted by molar-refractivity contribution is 7.98. The van der Waals surface area contributed by atoms with E-state index in [4.69, 9.17) is 4.98 Å². The third kappa shape index (κ3) is 4.73. The van der Waals surface area contributed by atoms with Gasteiger partial charge in [0.05, 0.1) is 17.5 Å². The van der Waals surface area contributed by atoms with Crippen molar-refractivity contribution in [2.75, 3.05) is 5.32 Å². The van der Waals surface area contributed by atoms with Crippen molar-refractivity contribution in [3.05, 3.63) is 67.2 Å². The highest BCUT2D eigenvalue weighted by Gasteiger charge is 2.16. The Bertz CT molecular complexity index is 1290. The van der Waals surface area contributed by atoms with Crippen LogP contribution in [0, 0.1) is 13.8 Å². The number of thiazole rings is 1. The first-order valence-corrected chi connectivity index (χ1v) is 12.6. The maximum absolute atomic E-state index is 13.0. The minimum Gasteiger partial charge on any atom is -0.326 e. The highest BCUT2D eigenvalue weighted by atomic mass is 32.2. The number of aryl methyl sites for hydroxylation is 2. The van der Waals surface area contributed by atoms with Crippen molar-refractivity contribution in [2.45, 2.75) is 44.6 Å². The Kier molecular flexibility index (Phi) is 6.54. The summed E-state index contributed by atoms with van der Waals surface area (Å²) in [5.74, 6) is 0.507. The van der Waals surface area contributed by atoms with Gasteiger partial charge >= 0.3 is 0 Å². The number of para-hydroxylation sites is 1. The lowest BCUT2D eigenvalue weighted by atomic mass is 10.2. The molecule has 31 heavy (non-hydrogen) atoms. The number of carbonyl (C=O) groups is 1. The molecule has 0 aliphatic heterocycles. The number of hydrogen-bond donors (Lipinski definition) is 1. The summed E-state index contributed by atoms with van der Waals surface area (Å²) in [5, 5.41) is 7.05. The number of fused-ring (bicyclic) bond motifs is 1. The van der Waals surface area contributed by atoms with Crippen LogP contribution in [-0.2, 0) is 23.5 Å². The van der Waals surface area contributed by atoms with Gasteiger partial charge in [-0.25, -0.2) is 9.97 Å². The number of amides is 1. The number of thiophene rings is 1. The van der Waals surface area contributed by atoms with E-state index in [9.17, 15) is 9.59 Å². The van der Waals surface area contributed by atoms with Gasteiger partial charge in [-0.2, -0.15) is 0 Å². The smallest absolute Gasteiger partial charge is 0.263 e. The first kappa shape index (κ1) is 21.7. The summed E-state index contributed by atoms with van der Waals surface area (Å²) in [4.78, 5) is 36.5. The van der Waals surface area contributed by atoms with Gasteiger partial charge in [0, 0.05) is 28.2 Å². The zero-order valence-electron chi connectivity index (χ0n) is 17.5. The van der Waals surface area contributed by atoms with Crippen LogP contribution in [0.3, 0.4) is 0 Å². The molecule has 0 radical (unpaired) electrons. The number of carbonyl (C=O) groups excluding carboxylic acids is 1. The summed E-state index contributed by atoms with van der Waals surface area (Å²) in [6, 6.07) is 9.39. The van der Waals surface area contributed by atoms with Crippen molar-refractivity contribution < 1.29 is 4.79 Å². The fourth-order valence-electron chi connectivity index (χ4n) is 3.20. The molecular weight excluding hydrogens is 448 g/mol. The number of nitrogens with one attached hydrogen (secondary N) is 1. The van der Waals surface area contributed by atoms with E-state index < -0.39 is 0 Å². The number of thioether (sulfide) groups is 1. The van der Waals surface area contributed by atoms with E-state index in [-0.39, 0.29) is 17.9 Å². The number of aromatic nitrogens is 3. The standard InChI is InChI=1S/C22H22N4O2S3/c1-4-26-21(28)19-13(2)14(3)31-20(19)25-22(26)30-12-16-11-29-18(24-16)10-17(27)23-15-8-6-5-7-9-15/h5-9,11H,4,10,12H2,1-3H3,(H,23,27). The Labute approximate surface area is 192 Å². The lowest BCUT2D eigenvalue weighted by Crippen LogP contribution is -2.22. The molecule has 0 unspecified atom stereocenters. The summed E-state index contributed by atoms with van der Waals surface area (Å²) in [7, 11) is 0. The molecule has 0 saturated heterocycles. The van der Waals surface area contributed by atoms with Crippen molar-refractivity contribution in [1.82, 2.24) is 14.5 Å². The second-order valence-corrected chi connectivity index (χ2v) is 10.1. The van der Waals surface area contributed by atoms with Gasteiger partial charge in [-0.3, -0.25) is 14.2 Å². The molecule has 0 aliphatic carbocycles. The zero-order chi connectivity index (χ0) is 22.0. The molecule has 4 rings (SSSR count). The van der Waals surface area contributed by atoms with Crippen LogP contribution in [0.1, 0.15) is 28.1 Å². The van der Waals surface area contributed by atoms with Crippen LogP contribution in [0.15, 0.2) is 45.7 Å². The Morgan fingerprint density at radius 2 is 1.97 bits per heavy atom. The number of nitrogens with zero attached hydrogens (tertiary/aromatic N) is 3. The third-order valence-electron chi connectivity index (χ3n) is 4.89. The van der Waals surface area contributed by atoms with E-state index in [0.29, 0.717) is 17.5 Å². The predicted molar refractivity (Wildman–Crippen MR) is 129 cm³/mol. The van der Waals surface area contributed by atoms with Crippen LogP contribution in [0.5, 0.6) is 0 Å². The topological polar surface area (TPSA) is 76.9 Å². The van der Waals surface area contributed by atoms with Crippen LogP contribution in [0.4, 0.5) is 5.69 Å². The maximum Gasteiger partial charge on any atom is 0.263 e. The Morgan fingerprint density at radius 1 is 1.19 bits per heavy atom. The molecule has 1 aromatic carbocycles. The molecule has 0 spiro atoms. The second-order valence-electron chi connectivity index (χ2n) is 7.02. The maximum atomic E-state index is 13.0. The van der Waals surface area contributed by atoms with Crippen molar-refractivity contribution in [3.8, 4) is 0 Å². The number of rotatable bonds is 7. The molecule has 1 N–H and O–H groups in total. The number of anilines is 1. The average Bonchev–Trinajstić information content (AvgIpc) is 3.31. The van der Waals surface area contributed by atoms with Gasteiger partial charge in [0.25, 0.3) is 5.56 Å². The van der Waals surface area contributed by atoms with E-state index in [1.165, 1.54) is 23.1 Å². The Balaban J connectivity index is 1.45. The number of hydrogen-bond acceptors (Lipinski definition) is 7. The van der Waals surface area contributed by atoms with Gasteiger partial charge in [-0.05, 0) is 38.5 Å². The summed E-state index contributed by atoms with van der Waals surface area (Å²) < 4.78 is 1.73. The second kappa shape index (κ2) is 9.33. The Morgan fingerprint density at radius 3 is 2.71 bits per heavy atom. The minimum absolute atomic E-state index is 0.0217. The SMILES string of the molecule is CCn1c(SCc2csc(CC(=O)Nc3ccccc3)n2)nc2sc(C)c(C)c2c1=O. The summed E-state index contributed by atoms with van der Waals surface area (Å²) in [6.45, 7) is 6.53. The molecule has 0 aliphatic rings. The van der Waals surface area contributed by atoms with Crippen molar-refractivity contribution in [3.63, 3.8) is 0 Å². The molecule has 0 fully saturated rings. The highest BCUT2D eigenvalue weighted by Crippen LogP contribution is 2.29. The van der Waals surface area contributed by atoms with E-state index in [2.05, 4.69) is 10.3 Å². The first-order valence-electron chi connectivity index (χ1n) is 9.87. The lowest BCUT2D eigenvalue weighted by molar-refractivity contribution is -0.115. The normalized spacial score (nSPS) is 11.2. The molecule has 0 bridgehead atoms. The predicted octanol–water partition coefficient (Wildman–Crippen LogP) is 5.02. The average molecular weight is 471 g/mol. The van der Waals surface area contributed by atoms with Crippen molar-refractivity contribution in [2.24, 2.45) is 0 Å². The van der Waals surface area contributed by atoms with Gasteiger partial charge in [-0.1, -0.05) is 30.0 Å². The third-order valence-corrected chi connectivity index (χ3v) is 7.90. The Hall–Kier alpha value is -2.49. The summed E-state index contributed by atoms with van der Waals surface area (Å²) >= 11 is 4.54. The summed E-state index contributed by atoms with van der Waals surface area (Å²) in [6.07, 6.45) is 0.238. The molecule has 160 valence electrons. The molecule has 3 heterocycles. The number of benzene rings is 1. The van der Waals surface area contributed by atoms with E-state index in [1.807, 2.05) is 56.5 Å². The fourth-order valence-corrected chi connectivity index (χ4v) is 6.12. The van der Waals surface area contributed by atoms with Gasteiger partial charge in [0.15, 0.2) is 5.16 Å². The van der Waals surface area contributed by atoms with Gasteiger partial charge in [-0.15, -0.1) is 22.7 Å². The molecule has 3 aromatic heterocycles.